The summed E-state index contributed by atoms with van der Waals surface area (Å²) in [6, 6.07) is 7.16. The number of rotatable bonds is 4. The number of hydrogen-bond donors (Lipinski definition) is 0. The lowest BCUT2D eigenvalue weighted by molar-refractivity contribution is 0.0615. The van der Waals surface area contributed by atoms with Crippen LogP contribution in [-0.2, 0) is 13.0 Å². The van der Waals surface area contributed by atoms with E-state index in [2.05, 4.69) is 15.0 Å². The molecule has 1 amide bonds. The Kier molecular flexibility index (Phi) is 4.93. The predicted molar refractivity (Wildman–Crippen MR) is 86.3 cm³/mol. The van der Waals surface area contributed by atoms with Crippen molar-refractivity contribution in [2.75, 3.05) is 26.2 Å². The highest BCUT2D eigenvalue weighted by atomic mass is 35.5. The molecule has 0 aliphatic carbocycles. The van der Waals surface area contributed by atoms with Crippen molar-refractivity contribution in [3.63, 3.8) is 0 Å². The van der Waals surface area contributed by atoms with Crippen LogP contribution in [0.15, 0.2) is 28.8 Å². The Labute approximate surface area is 140 Å². The van der Waals surface area contributed by atoms with Crippen molar-refractivity contribution in [3.8, 4) is 0 Å². The van der Waals surface area contributed by atoms with E-state index in [9.17, 15) is 4.79 Å². The summed E-state index contributed by atoms with van der Waals surface area (Å²) < 4.78 is 5.22. The highest BCUT2D eigenvalue weighted by molar-refractivity contribution is 6.33. The van der Waals surface area contributed by atoms with Gasteiger partial charge in [0, 0.05) is 32.6 Å². The number of halogens is 1. The summed E-state index contributed by atoms with van der Waals surface area (Å²) in [6.07, 6.45) is 0.767. The van der Waals surface area contributed by atoms with Crippen LogP contribution in [0.25, 0.3) is 0 Å². The topological polar surface area (TPSA) is 62.5 Å². The quantitative estimate of drug-likeness (QED) is 0.858. The van der Waals surface area contributed by atoms with Crippen LogP contribution in [0.3, 0.4) is 0 Å². The van der Waals surface area contributed by atoms with Crippen LogP contribution >= 0.6 is 11.6 Å². The van der Waals surface area contributed by atoms with E-state index < -0.39 is 0 Å². The number of amides is 1. The molecule has 0 N–H and O–H groups in total. The Hall–Kier alpha value is -1.92. The van der Waals surface area contributed by atoms with Gasteiger partial charge in [0.25, 0.3) is 5.91 Å². The van der Waals surface area contributed by atoms with Crippen molar-refractivity contribution in [2.24, 2.45) is 0 Å². The summed E-state index contributed by atoms with van der Waals surface area (Å²) in [7, 11) is 0. The molecule has 0 radical (unpaired) electrons. The van der Waals surface area contributed by atoms with Crippen molar-refractivity contribution in [1.82, 2.24) is 19.9 Å². The van der Waals surface area contributed by atoms with Crippen molar-refractivity contribution in [2.45, 2.75) is 19.9 Å². The lowest BCUT2D eigenvalue weighted by Crippen LogP contribution is -2.48. The van der Waals surface area contributed by atoms with Gasteiger partial charge in [0.15, 0.2) is 5.82 Å². The van der Waals surface area contributed by atoms with Crippen LogP contribution < -0.4 is 0 Å². The summed E-state index contributed by atoms with van der Waals surface area (Å²) in [5.41, 5.74) is 0.562. The fraction of sp³-hybridized carbons (Fsp3) is 0.438. The molecule has 1 aromatic carbocycles. The average Bonchev–Trinajstić information content (AvgIpc) is 3.03. The molecule has 1 aliphatic heterocycles. The summed E-state index contributed by atoms with van der Waals surface area (Å²) >= 11 is 6.10. The van der Waals surface area contributed by atoms with Crippen LogP contribution in [0.2, 0.25) is 5.02 Å². The van der Waals surface area contributed by atoms with E-state index in [0.29, 0.717) is 36.1 Å². The molecule has 6 nitrogen and oxygen atoms in total. The van der Waals surface area contributed by atoms with Crippen LogP contribution in [-0.4, -0.2) is 52.0 Å². The van der Waals surface area contributed by atoms with Gasteiger partial charge >= 0.3 is 0 Å². The number of piperazine rings is 1. The molecule has 0 unspecified atom stereocenters. The first kappa shape index (κ1) is 16.0. The second kappa shape index (κ2) is 7.10. The molecule has 0 bridgehead atoms. The molecule has 1 fully saturated rings. The van der Waals surface area contributed by atoms with Gasteiger partial charge in [-0.3, -0.25) is 9.69 Å². The molecule has 3 rings (SSSR count). The standard InChI is InChI=1S/C16H19ClN4O2/c1-2-14-18-15(23-19-14)11-20-7-9-21(10-8-20)16(22)12-5-3-4-6-13(12)17/h3-6H,2,7-11H2,1H3. The maximum Gasteiger partial charge on any atom is 0.255 e. The monoisotopic (exact) mass is 334 g/mol. The number of benzene rings is 1. The Morgan fingerprint density at radius 2 is 2.00 bits per heavy atom. The Bertz CT molecular complexity index is 680. The van der Waals surface area contributed by atoms with Crippen molar-refractivity contribution < 1.29 is 9.32 Å². The second-order valence-corrected chi connectivity index (χ2v) is 5.91. The highest BCUT2D eigenvalue weighted by Crippen LogP contribution is 2.18. The smallest absolute Gasteiger partial charge is 0.255 e. The fourth-order valence-electron chi connectivity index (χ4n) is 2.60. The summed E-state index contributed by atoms with van der Waals surface area (Å²) in [6.45, 7) is 5.51. The third kappa shape index (κ3) is 3.71. The number of carbonyl (C=O) groups is 1. The maximum absolute atomic E-state index is 12.5. The Balaban J connectivity index is 1.56. The van der Waals surface area contributed by atoms with Gasteiger partial charge in [-0.05, 0) is 12.1 Å². The SMILES string of the molecule is CCc1noc(CN2CCN(C(=O)c3ccccc3Cl)CC2)n1. The fourth-order valence-corrected chi connectivity index (χ4v) is 2.82. The molecule has 1 aromatic heterocycles. The van der Waals surface area contributed by atoms with E-state index in [0.717, 1.165) is 25.3 Å². The van der Waals surface area contributed by atoms with Crippen LogP contribution in [0.5, 0.6) is 0 Å². The zero-order chi connectivity index (χ0) is 16.2. The predicted octanol–water partition coefficient (Wildman–Crippen LogP) is 2.24. The second-order valence-electron chi connectivity index (χ2n) is 5.51. The average molecular weight is 335 g/mol. The van der Waals surface area contributed by atoms with Gasteiger partial charge < -0.3 is 9.42 Å². The number of aromatic nitrogens is 2. The largest absolute Gasteiger partial charge is 0.338 e. The van der Waals surface area contributed by atoms with Gasteiger partial charge in [-0.25, -0.2) is 0 Å². The molecule has 122 valence electrons. The molecule has 2 aromatic rings. The molecule has 23 heavy (non-hydrogen) atoms. The van der Waals surface area contributed by atoms with E-state index >= 15 is 0 Å². The first-order valence-corrected chi connectivity index (χ1v) is 8.12. The maximum atomic E-state index is 12.5. The summed E-state index contributed by atoms with van der Waals surface area (Å²) in [5.74, 6) is 1.35. The Morgan fingerprint density at radius 3 is 2.65 bits per heavy atom. The van der Waals surface area contributed by atoms with Gasteiger partial charge in [0.05, 0.1) is 17.1 Å². The minimum Gasteiger partial charge on any atom is -0.338 e. The lowest BCUT2D eigenvalue weighted by Gasteiger charge is -2.34. The molecule has 0 atom stereocenters. The zero-order valence-corrected chi connectivity index (χ0v) is 13.8. The summed E-state index contributed by atoms with van der Waals surface area (Å²) in [4.78, 5) is 20.9. The third-order valence-electron chi connectivity index (χ3n) is 3.95. The first-order chi connectivity index (χ1) is 11.2. The molecule has 0 saturated carbocycles. The lowest BCUT2D eigenvalue weighted by atomic mass is 10.2. The minimum atomic E-state index is -0.0127. The van der Waals surface area contributed by atoms with E-state index in [1.54, 1.807) is 12.1 Å². The molecule has 1 saturated heterocycles. The number of hydrogen-bond acceptors (Lipinski definition) is 5. The van der Waals surface area contributed by atoms with E-state index in [1.807, 2.05) is 24.0 Å². The van der Waals surface area contributed by atoms with Gasteiger partial charge in [-0.1, -0.05) is 35.8 Å². The van der Waals surface area contributed by atoms with Gasteiger partial charge in [0.1, 0.15) is 0 Å². The van der Waals surface area contributed by atoms with E-state index in [-0.39, 0.29) is 5.91 Å². The third-order valence-corrected chi connectivity index (χ3v) is 4.28. The van der Waals surface area contributed by atoms with E-state index in [1.165, 1.54) is 0 Å². The number of aryl methyl sites for hydroxylation is 1. The van der Waals surface area contributed by atoms with Crippen molar-refractivity contribution in [1.29, 1.82) is 0 Å². The zero-order valence-electron chi connectivity index (χ0n) is 13.0. The van der Waals surface area contributed by atoms with Gasteiger partial charge in [0.2, 0.25) is 5.89 Å². The minimum absolute atomic E-state index is 0.0127. The number of carbonyl (C=O) groups excluding carboxylic acids is 1. The molecular weight excluding hydrogens is 316 g/mol. The van der Waals surface area contributed by atoms with Crippen molar-refractivity contribution >= 4 is 17.5 Å². The molecular formula is C16H19ClN4O2. The van der Waals surface area contributed by atoms with Crippen LogP contribution in [0.4, 0.5) is 0 Å². The van der Waals surface area contributed by atoms with Crippen LogP contribution in [0, 0.1) is 0 Å². The number of nitrogens with zero attached hydrogens (tertiary/aromatic N) is 4. The molecule has 7 heteroatoms. The Morgan fingerprint density at radius 1 is 1.26 bits per heavy atom. The van der Waals surface area contributed by atoms with Gasteiger partial charge in [-0.2, -0.15) is 4.98 Å². The van der Waals surface area contributed by atoms with Gasteiger partial charge in [-0.15, -0.1) is 0 Å². The molecule has 2 heterocycles. The first-order valence-electron chi connectivity index (χ1n) is 7.75. The highest BCUT2D eigenvalue weighted by Gasteiger charge is 2.24. The van der Waals surface area contributed by atoms with Crippen LogP contribution in [0.1, 0.15) is 29.0 Å². The van der Waals surface area contributed by atoms with E-state index in [4.69, 9.17) is 16.1 Å². The summed E-state index contributed by atoms with van der Waals surface area (Å²) in [5, 5.41) is 4.40. The normalized spacial score (nSPS) is 15.8. The van der Waals surface area contributed by atoms with Crippen molar-refractivity contribution in [3.05, 3.63) is 46.6 Å². The molecule has 0 spiro atoms. The molecule has 1 aliphatic rings.